The molecule has 0 fully saturated rings. The van der Waals surface area contributed by atoms with Gasteiger partial charge in [-0.2, -0.15) is 0 Å². The van der Waals surface area contributed by atoms with Gasteiger partial charge in [0.1, 0.15) is 0 Å². The fourth-order valence-electron chi connectivity index (χ4n) is 2.78. The predicted octanol–water partition coefficient (Wildman–Crippen LogP) is 2.68. The van der Waals surface area contributed by atoms with Gasteiger partial charge >= 0.3 is 0 Å². The summed E-state index contributed by atoms with van der Waals surface area (Å²) in [4.78, 5) is 11.5. The van der Waals surface area contributed by atoms with Crippen LogP contribution in [0.4, 0.5) is 5.69 Å². The number of aryl methyl sites for hydroxylation is 2. The van der Waals surface area contributed by atoms with Crippen LogP contribution in [0.25, 0.3) is 0 Å². The number of nitrogen functional groups attached to an aromatic ring is 1. The summed E-state index contributed by atoms with van der Waals surface area (Å²) in [5.74, 6) is 0. The van der Waals surface area contributed by atoms with Crippen LogP contribution in [0.1, 0.15) is 35.4 Å². The molecule has 0 amide bonds. The first-order chi connectivity index (χ1) is 11.6. The van der Waals surface area contributed by atoms with Crippen LogP contribution in [0.15, 0.2) is 30.6 Å². The average Bonchev–Trinajstić information content (AvgIpc) is 2.54. The summed E-state index contributed by atoms with van der Waals surface area (Å²) in [5.41, 5.74) is 11.2. The zero-order valence-corrected chi connectivity index (χ0v) is 15.0. The van der Waals surface area contributed by atoms with Crippen molar-refractivity contribution in [2.24, 2.45) is 0 Å². The van der Waals surface area contributed by atoms with E-state index in [1.54, 1.807) is 6.20 Å². The molecule has 2 heterocycles. The van der Waals surface area contributed by atoms with E-state index in [1.807, 2.05) is 25.4 Å². The van der Waals surface area contributed by atoms with E-state index >= 15 is 0 Å². The molecule has 5 nitrogen and oxygen atoms in total. The standard InChI is InChI=1S/C19H29N5/c1-15-10-16(2)19(23-12-15)14-24(9-5-4-7-21-3)13-18-11-17(20)6-8-22-18/h6,8,10-12,21H,4-5,7,9,13-14H2,1-3H3,(H2,20,22). The van der Waals surface area contributed by atoms with Gasteiger partial charge in [-0.25, -0.2) is 0 Å². The highest BCUT2D eigenvalue weighted by molar-refractivity contribution is 5.37. The highest BCUT2D eigenvalue weighted by Crippen LogP contribution is 2.14. The SMILES string of the molecule is CNCCCCN(Cc1cc(N)ccn1)Cc1ncc(C)cc1C. The van der Waals surface area contributed by atoms with Gasteiger partial charge in [-0.1, -0.05) is 6.07 Å². The minimum absolute atomic E-state index is 0.764. The number of nitrogens with two attached hydrogens (primary N) is 1. The van der Waals surface area contributed by atoms with Crippen LogP contribution in [0, 0.1) is 13.8 Å². The number of unbranched alkanes of at least 4 members (excludes halogenated alkanes) is 1. The van der Waals surface area contributed by atoms with Gasteiger partial charge in [0.15, 0.2) is 0 Å². The molecule has 0 atom stereocenters. The number of nitrogens with one attached hydrogen (secondary N) is 1. The predicted molar refractivity (Wildman–Crippen MR) is 99.6 cm³/mol. The number of hydrogen-bond acceptors (Lipinski definition) is 5. The van der Waals surface area contributed by atoms with Gasteiger partial charge in [-0.15, -0.1) is 0 Å². The number of anilines is 1. The minimum atomic E-state index is 0.764. The lowest BCUT2D eigenvalue weighted by Gasteiger charge is -2.22. The van der Waals surface area contributed by atoms with Crippen molar-refractivity contribution in [3.05, 3.63) is 53.1 Å². The zero-order chi connectivity index (χ0) is 17.4. The Morgan fingerprint density at radius 1 is 1.12 bits per heavy atom. The van der Waals surface area contributed by atoms with E-state index < -0.39 is 0 Å². The van der Waals surface area contributed by atoms with Gasteiger partial charge in [0.2, 0.25) is 0 Å². The molecular formula is C19H29N5. The molecule has 0 aliphatic heterocycles. The average molecular weight is 327 g/mol. The summed E-state index contributed by atoms with van der Waals surface area (Å²) in [5, 5.41) is 3.20. The van der Waals surface area contributed by atoms with Crippen LogP contribution >= 0.6 is 0 Å². The van der Waals surface area contributed by atoms with E-state index in [2.05, 4.69) is 40.1 Å². The number of pyridine rings is 2. The Kier molecular flexibility index (Phi) is 7.15. The first-order valence-corrected chi connectivity index (χ1v) is 8.58. The lowest BCUT2D eigenvalue weighted by molar-refractivity contribution is 0.245. The van der Waals surface area contributed by atoms with Gasteiger partial charge < -0.3 is 11.1 Å². The monoisotopic (exact) mass is 327 g/mol. The van der Waals surface area contributed by atoms with E-state index in [1.165, 1.54) is 11.1 Å². The van der Waals surface area contributed by atoms with E-state index in [9.17, 15) is 0 Å². The van der Waals surface area contributed by atoms with Crippen LogP contribution in [0.5, 0.6) is 0 Å². The molecule has 0 aliphatic carbocycles. The third kappa shape index (κ3) is 5.91. The number of aromatic nitrogens is 2. The molecule has 2 aromatic heterocycles. The lowest BCUT2D eigenvalue weighted by atomic mass is 10.1. The molecule has 2 rings (SSSR count). The molecule has 0 radical (unpaired) electrons. The van der Waals surface area contributed by atoms with E-state index in [0.29, 0.717) is 0 Å². The smallest absolute Gasteiger partial charge is 0.0573 e. The Hall–Kier alpha value is -1.98. The molecule has 0 saturated heterocycles. The summed E-state index contributed by atoms with van der Waals surface area (Å²) < 4.78 is 0. The molecule has 0 aliphatic rings. The van der Waals surface area contributed by atoms with Crippen molar-refractivity contribution in [3.8, 4) is 0 Å². The third-order valence-corrected chi connectivity index (χ3v) is 4.07. The second kappa shape index (κ2) is 9.35. The van der Waals surface area contributed by atoms with Gasteiger partial charge in [-0.3, -0.25) is 14.9 Å². The molecular weight excluding hydrogens is 298 g/mol. The maximum absolute atomic E-state index is 5.89. The molecule has 0 saturated carbocycles. The summed E-state index contributed by atoms with van der Waals surface area (Å²) >= 11 is 0. The first kappa shape index (κ1) is 18.4. The van der Waals surface area contributed by atoms with Crippen LogP contribution in [-0.2, 0) is 13.1 Å². The molecule has 2 aromatic rings. The fraction of sp³-hybridized carbons (Fsp3) is 0.474. The van der Waals surface area contributed by atoms with Gasteiger partial charge in [-0.05, 0) is 70.1 Å². The number of nitrogens with zero attached hydrogens (tertiary/aromatic N) is 3. The normalized spacial score (nSPS) is 11.2. The van der Waals surface area contributed by atoms with E-state index in [4.69, 9.17) is 5.73 Å². The van der Waals surface area contributed by atoms with Crippen molar-refractivity contribution >= 4 is 5.69 Å². The maximum Gasteiger partial charge on any atom is 0.0573 e. The number of hydrogen-bond donors (Lipinski definition) is 2. The molecule has 24 heavy (non-hydrogen) atoms. The molecule has 0 bridgehead atoms. The van der Waals surface area contributed by atoms with Crippen LogP contribution in [0.2, 0.25) is 0 Å². The van der Waals surface area contributed by atoms with Crippen LogP contribution in [0.3, 0.4) is 0 Å². The van der Waals surface area contributed by atoms with E-state index in [-0.39, 0.29) is 0 Å². The Balaban J connectivity index is 2.06. The molecule has 3 N–H and O–H groups in total. The second-order valence-electron chi connectivity index (χ2n) is 6.38. The van der Waals surface area contributed by atoms with Gasteiger partial charge in [0.05, 0.1) is 11.4 Å². The highest BCUT2D eigenvalue weighted by atomic mass is 15.1. The molecule has 130 valence electrons. The largest absolute Gasteiger partial charge is 0.399 e. The van der Waals surface area contributed by atoms with Crippen LogP contribution in [-0.4, -0.2) is 35.0 Å². The summed E-state index contributed by atoms with van der Waals surface area (Å²) in [6.45, 7) is 7.91. The molecule has 0 aromatic carbocycles. The Morgan fingerprint density at radius 2 is 1.96 bits per heavy atom. The Bertz CT molecular complexity index is 641. The summed E-state index contributed by atoms with van der Waals surface area (Å²) in [6.07, 6.45) is 6.03. The molecule has 5 heteroatoms. The Labute approximate surface area is 145 Å². The summed E-state index contributed by atoms with van der Waals surface area (Å²) in [7, 11) is 1.99. The lowest BCUT2D eigenvalue weighted by Crippen LogP contribution is -2.26. The van der Waals surface area contributed by atoms with Crippen molar-refractivity contribution in [2.45, 2.75) is 39.8 Å². The van der Waals surface area contributed by atoms with Crippen LogP contribution < -0.4 is 11.1 Å². The van der Waals surface area contributed by atoms with Gasteiger partial charge in [0, 0.05) is 31.2 Å². The van der Waals surface area contributed by atoms with Crippen molar-refractivity contribution in [3.63, 3.8) is 0 Å². The zero-order valence-electron chi connectivity index (χ0n) is 15.0. The fourth-order valence-corrected chi connectivity index (χ4v) is 2.78. The minimum Gasteiger partial charge on any atom is -0.399 e. The Morgan fingerprint density at radius 3 is 2.67 bits per heavy atom. The topological polar surface area (TPSA) is 67.1 Å². The molecule has 0 spiro atoms. The summed E-state index contributed by atoms with van der Waals surface area (Å²) in [6, 6.07) is 5.97. The molecule has 0 unspecified atom stereocenters. The van der Waals surface area contributed by atoms with E-state index in [0.717, 1.165) is 56.1 Å². The maximum atomic E-state index is 5.89. The van der Waals surface area contributed by atoms with Crippen molar-refractivity contribution < 1.29 is 0 Å². The van der Waals surface area contributed by atoms with Crippen molar-refractivity contribution in [1.29, 1.82) is 0 Å². The van der Waals surface area contributed by atoms with Gasteiger partial charge in [0.25, 0.3) is 0 Å². The number of rotatable bonds is 9. The van der Waals surface area contributed by atoms with Crippen molar-refractivity contribution in [1.82, 2.24) is 20.2 Å². The highest BCUT2D eigenvalue weighted by Gasteiger charge is 2.11. The second-order valence-corrected chi connectivity index (χ2v) is 6.38. The quantitative estimate of drug-likeness (QED) is 0.693. The third-order valence-electron chi connectivity index (χ3n) is 4.07. The first-order valence-electron chi connectivity index (χ1n) is 8.58. The van der Waals surface area contributed by atoms with Crippen molar-refractivity contribution in [2.75, 3.05) is 25.9 Å².